The standard InChI is InChI=1S/C12H16ClNO2/c1-9(2)14(5-6-15)12-7-11(13)4-3-10(12)8-16/h3-4,7-9,15H,5-6H2,1-2H3. The minimum absolute atomic E-state index is 0.0446. The van der Waals surface area contributed by atoms with Crippen LogP contribution in [-0.2, 0) is 0 Å². The van der Waals surface area contributed by atoms with Crippen molar-refractivity contribution in [3.8, 4) is 0 Å². The monoisotopic (exact) mass is 241 g/mol. The SMILES string of the molecule is CC(C)N(CCO)c1cc(Cl)ccc1C=O. The zero-order valence-electron chi connectivity index (χ0n) is 9.48. The quantitative estimate of drug-likeness (QED) is 0.805. The maximum Gasteiger partial charge on any atom is 0.152 e. The van der Waals surface area contributed by atoms with Gasteiger partial charge in [-0.3, -0.25) is 4.79 Å². The van der Waals surface area contributed by atoms with Crippen molar-refractivity contribution in [2.24, 2.45) is 0 Å². The molecule has 0 amide bonds. The molecule has 1 aromatic carbocycles. The molecule has 1 N–H and O–H groups in total. The Labute approximate surface area is 101 Å². The number of hydrogen-bond acceptors (Lipinski definition) is 3. The molecular weight excluding hydrogens is 226 g/mol. The fourth-order valence-electron chi connectivity index (χ4n) is 1.63. The minimum atomic E-state index is 0.0446. The Kier molecular flexibility index (Phi) is 4.77. The summed E-state index contributed by atoms with van der Waals surface area (Å²) < 4.78 is 0. The van der Waals surface area contributed by atoms with E-state index in [0.717, 1.165) is 12.0 Å². The average molecular weight is 242 g/mol. The Morgan fingerprint density at radius 2 is 2.19 bits per heavy atom. The molecule has 0 heterocycles. The minimum Gasteiger partial charge on any atom is -0.395 e. The predicted molar refractivity (Wildman–Crippen MR) is 66.4 cm³/mol. The third kappa shape index (κ3) is 2.97. The molecule has 3 nitrogen and oxygen atoms in total. The summed E-state index contributed by atoms with van der Waals surface area (Å²) in [5.41, 5.74) is 1.36. The molecule has 0 spiro atoms. The van der Waals surface area contributed by atoms with Crippen LogP contribution in [0.3, 0.4) is 0 Å². The molecule has 0 bridgehead atoms. The van der Waals surface area contributed by atoms with E-state index >= 15 is 0 Å². The number of carbonyl (C=O) groups is 1. The first-order valence-electron chi connectivity index (χ1n) is 5.22. The lowest BCUT2D eigenvalue weighted by Gasteiger charge is -2.29. The molecule has 0 radical (unpaired) electrons. The Morgan fingerprint density at radius 3 is 2.69 bits per heavy atom. The van der Waals surface area contributed by atoms with Gasteiger partial charge in [0.25, 0.3) is 0 Å². The lowest BCUT2D eigenvalue weighted by molar-refractivity contribution is 0.112. The summed E-state index contributed by atoms with van der Waals surface area (Å²) in [7, 11) is 0. The Hall–Kier alpha value is -1.06. The fraction of sp³-hybridized carbons (Fsp3) is 0.417. The van der Waals surface area contributed by atoms with E-state index in [-0.39, 0.29) is 12.6 Å². The molecule has 0 saturated carbocycles. The third-order valence-corrected chi connectivity index (χ3v) is 2.63. The predicted octanol–water partition coefficient (Wildman–Crippen LogP) is 2.36. The molecule has 0 aliphatic heterocycles. The highest BCUT2D eigenvalue weighted by atomic mass is 35.5. The normalized spacial score (nSPS) is 10.6. The molecule has 0 aliphatic carbocycles. The van der Waals surface area contributed by atoms with E-state index in [2.05, 4.69) is 0 Å². The molecule has 1 rings (SSSR count). The number of nitrogens with zero attached hydrogens (tertiary/aromatic N) is 1. The zero-order chi connectivity index (χ0) is 12.1. The molecule has 0 atom stereocenters. The second kappa shape index (κ2) is 5.87. The Bertz CT molecular complexity index is 366. The molecule has 0 unspecified atom stereocenters. The summed E-state index contributed by atoms with van der Waals surface area (Å²) in [5, 5.41) is 9.60. The van der Waals surface area contributed by atoms with Gasteiger partial charge in [0.2, 0.25) is 0 Å². The number of aliphatic hydroxyl groups excluding tert-OH is 1. The van der Waals surface area contributed by atoms with E-state index in [0.29, 0.717) is 17.1 Å². The Morgan fingerprint density at radius 1 is 1.50 bits per heavy atom. The first-order valence-corrected chi connectivity index (χ1v) is 5.60. The van der Waals surface area contributed by atoms with Gasteiger partial charge in [0.15, 0.2) is 6.29 Å². The van der Waals surface area contributed by atoms with Crippen molar-refractivity contribution in [3.63, 3.8) is 0 Å². The third-order valence-electron chi connectivity index (χ3n) is 2.39. The topological polar surface area (TPSA) is 40.5 Å². The van der Waals surface area contributed by atoms with Crippen LogP contribution in [-0.4, -0.2) is 30.6 Å². The lowest BCUT2D eigenvalue weighted by Crippen LogP contribution is -2.34. The molecule has 0 aromatic heterocycles. The van der Waals surface area contributed by atoms with Crippen LogP contribution in [0.4, 0.5) is 5.69 Å². The summed E-state index contributed by atoms with van der Waals surface area (Å²) in [6, 6.07) is 5.33. The number of carbonyl (C=O) groups excluding carboxylic acids is 1. The molecule has 0 fully saturated rings. The van der Waals surface area contributed by atoms with Gasteiger partial charge in [-0.2, -0.15) is 0 Å². The van der Waals surface area contributed by atoms with E-state index in [9.17, 15) is 4.79 Å². The van der Waals surface area contributed by atoms with Crippen LogP contribution in [0, 0.1) is 0 Å². The lowest BCUT2D eigenvalue weighted by atomic mass is 10.1. The number of benzene rings is 1. The van der Waals surface area contributed by atoms with E-state index in [1.807, 2.05) is 18.7 Å². The molecule has 88 valence electrons. The van der Waals surface area contributed by atoms with Gasteiger partial charge in [0.05, 0.1) is 6.61 Å². The summed E-state index contributed by atoms with van der Waals surface area (Å²) in [4.78, 5) is 12.9. The Balaban J connectivity index is 3.15. The molecule has 16 heavy (non-hydrogen) atoms. The van der Waals surface area contributed by atoms with Crippen molar-refractivity contribution in [2.75, 3.05) is 18.1 Å². The highest BCUT2D eigenvalue weighted by molar-refractivity contribution is 6.31. The largest absolute Gasteiger partial charge is 0.395 e. The van der Waals surface area contributed by atoms with Crippen molar-refractivity contribution >= 4 is 23.6 Å². The number of aldehydes is 1. The summed E-state index contributed by atoms with van der Waals surface area (Å²) in [5.74, 6) is 0. The number of hydrogen-bond donors (Lipinski definition) is 1. The molecular formula is C12H16ClNO2. The van der Waals surface area contributed by atoms with Crippen LogP contribution in [0.1, 0.15) is 24.2 Å². The van der Waals surface area contributed by atoms with E-state index in [1.54, 1.807) is 18.2 Å². The van der Waals surface area contributed by atoms with E-state index in [1.165, 1.54) is 0 Å². The number of halogens is 1. The van der Waals surface area contributed by atoms with Gasteiger partial charge in [-0.05, 0) is 32.0 Å². The average Bonchev–Trinajstić information content (AvgIpc) is 2.25. The summed E-state index contributed by atoms with van der Waals surface area (Å²) in [6.07, 6.45) is 0.804. The molecule has 0 saturated heterocycles. The van der Waals surface area contributed by atoms with Gasteiger partial charge in [-0.15, -0.1) is 0 Å². The summed E-state index contributed by atoms with van der Waals surface area (Å²) >= 11 is 5.92. The number of rotatable bonds is 5. The van der Waals surface area contributed by atoms with Gasteiger partial charge in [0, 0.05) is 28.9 Å². The van der Waals surface area contributed by atoms with Crippen molar-refractivity contribution < 1.29 is 9.90 Å². The smallest absolute Gasteiger partial charge is 0.152 e. The highest BCUT2D eigenvalue weighted by Gasteiger charge is 2.14. The second-order valence-corrected chi connectivity index (χ2v) is 4.27. The first kappa shape index (κ1) is 13.0. The second-order valence-electron chi connectivity index (χ2n) is 3.83. The van der Waals surface area contributed by atoms with Crippen LogP contribution >= 0.6 is 11.6 Å². The van der Waals surface area contributed by atoms with Gasteiger partial charge in [0.1, 0.15) is 0 Å². The maximum absolute atomic E-state index is 10.9. The van der Waals surface area contributed by atoms with Crippen LogP contribution in [0.5, 0.6) is 0 Å². The fourth-order valence-corrected chi connectivity index (χ4v) is 1.80. The van der Waals surface area contributed by atoms with Crippen LogP contribution in [0.15, 0.2) is 18.2 Å². The number of aliphatic hydroxyl groups is 1. The van der Waals surface area contributed by atoms with Crippen molar-refractivity contribution in [1.82, 2.24) is 0 Å². The molecule has 0 aliphatic rings. The van der Waals surface area contributed by atoms with E-state index in [4.69, 9.17) is 16.7 Å². The van der Waals surface area contributed by atoms with Crippen LogP contribution in [0.25, 0.3) is 0 Å². The number of anilines is 1. The van der Waals surface area contributed by atoms with Gasteiger partial charge in [-0.1, -0.05) is 11.6 Å². The van der Waals surface area contributed by atoms with Gasteiger partial charge in [-0.25, -0.2) is 0 Å². The van der Waals surface area contributed by atoms with Crippen molar-refractivity contribution in [3.05, 3.63) is 28.8 Å². The first-order chi connectivity index (χ1) is 7.60. The zero-order valence-corrected chi connectivity index (χ0v) is 10.2. The van der Waals surface area contributed by atoms with E-state index < -0.39 is 0 Å². The molecule has 4 heteroatoms. The summed E-state index contributed by atoms with van der Waals surface area (Å²) in [6.45, 7) is 4.54. The van der Waals surface area contributed by atoms with Gasteiger partial charge >= 0.3 is 0 Å². The van der Waals surface area contributed by atoms with Crippen molar-refractivity contribution in [1.29, 1.82) is 0 Å². The van der Waals surface area contributed by atoms with Crippen LogP contribution in [0.2, 0.25) is 5.02 Å². The van der Waals surface area contributed by atoms with Gasteiger partial charge < -0.3 is 10.0 Å². The van der Waals surface area contributed by atoms with Crippen molar-refractivity contribution in [2.45, 2.75) is 19.9 Å². The highest BCUT2D eigenvalue weighted by Crippen LogP contribution is 2.25. The molecule has 1 aromatic rings. The van der Waals surface area contributed by atoms with Crippen LogP contribution < -0.4 is 4.90 Å². The maximum atomic E-state index is 10.9.